The Kier molecular flexibility index (Phi) is 8.30. The summed E-state index contributed by atoms with van der Waals surface area (Å²) in [5, 5.41) is 10.5. The second kappa shape index (κ2) is 11.4. The second-order valence-electron chi connectivity index (χ2n) is 7.10. The molecule has 1 unspecified atom stereocenters. The Morgan fingerprint density at radius 1 is 0.967 bits per heavy atom. The van der Waals surface area contributed by atoms with Crippen LogP contribution >= 0.6 is 0 Å². The van der Waals surface area contributed by atoms with Gasteiger partial charge in [-0.1, -0.05) is 37.3 Å². The lowest BCUT2D eigenvalue weighted by atomic mass is 10.1. The number of aliphatic hydroxyl groups excluding tert-OH is 1. The molecular formula is C24H28FNO4. The van der Waals surface area contributed by atoms with Crippen molar-refractivity contribution < 1.29 is 23.4 Å². The van der Waals surface area contributed by atoms with Crippen LogP contribution in [0.5, 0.6) is 11.5 Å². The highest BCUT2D eigenvalue weighted by Gasteiger charge is 2.17. The minimum Gasteiger partial charge on any atom is -0.493 e. The summed E-state index contributed by atoms with van der Waals surface area (Å²) in [6.45, 7) is 4.12. The molecule has 1 aromatic heterocycles. The van der Waals surface area contributed by atoms with E-state index in [1.54, 1.807) is 24.5 Å². The number of halogens is 1. The monoisotopic (exact) mass is 413 g/mol. The predicted octanol–water partition coefficient (Wildman–Crippen LogP) is 4.65. The predicted molar refractivity (Wildman–Crippen MR) is 113 cm³/mol. The molecule has 0 amide bonds. The minimum absolute atomic E-state index is 0.0103. The minimum atomic E-state index is -0.803. The lowest BCUT2D eigenvalue weighted by Crippen LogP contribution is -2.35. The number of hydrogen-bond acceptors (Lipinski definition) is 5. The molecule has 0 spiro atoms. The lowest BCUT2D eigenvalue weighted by Gasteiger charge is -2.25. The largest absolute Gasteiger partial charge is 0.493 e. The van der Waals surface area contributed by atoms with Crippen LogP contribution in [0.15, 0.2) is 71.3 Å². The van der Waals surface area contributed by atoms with E-state index in [9.17, 15) is 9.50 Å². The van der Waals surface area contributed by atoms with Crippen molar-refractivity contribution in [1.29, 1.82) is 0 Å². The Labute approximate surface area is 176 Å². The van der Waals surface area contributed by atoms with E-state index in [4.69, 9.17) is 13.9 Å². The SMILES string of the molecule is CCCOc1ccccc1CN(Cc1ccco1)CC(O)COc1ccccc1F. The zero-order chi connectivity index (χ0) is 21.2. The van der Waals surface area contributed by atoms with E-state index in [0.29, 0.717) is 26.2 Å². The standard InChI is InChI=1S/C24H28FNO4/c1-2-13-29-23-11-5-3-8-19(23)15-26(17-21-9-7-14-28-21)16-20(27)18-30-24-12-6-4-10-22(24)25/h3-12,14,20,27H,2,13,15-18H2,1H3. The molecule has 0 aliphatic carbocycles. The molecule has 1 atom stereocenters. The normalized spacial score (nSPS) is 12.1. The maximum Gasteiger partial charge on any atom is 0.165 e. The van der Waals surface area contributed by atoms with E-state index in [1.165, 1.54) is 6.07 Å². The highest BCUT2D eigenvalue weighted by atomic mass is 19.1. The third-order valence-corrected chi connectivity index (χ3v) is 4.52. The Hall–Kier alpha value is -2.83. The summed E-state index contributed by atoms with van der Waals surface area (Å²) in [6.07, 6.45) is 1.75. The number of ether oxygens (including phenoxy) is 2. The van der Waals surface area contributed by atoms with Crippen molar-refractivity contribution in [3.8, 4) is 11.5 Å². The second-order valence-corrected chi connectivity index (χ2v) is 7.10. The Balaban J connectivity index is 1.66. The Bertz CT molecular complexity index is 884. The Morgan fingerprint density at radius 3 is 2.47 bits per heavy atom. The molecule has 3 rings (SSSR count). The van der Waals surface area contributed by atoms with Gasteiger partial charge in [0.15, 0.2) is 11.6 Å². The van der Waals surface area contributed by atoms with E-state index in [1.807, 2.05) is 36.4 Å². The van der Waals surface area contributed by atoms with Crippen molar-refractivity contribution >= 4 is 0 Å². The van der Waals surface area contributed by atoms with Crippen molar-refractivity contribution in [2.45, 2.75) is 32.5 Å². The van der Waals surface area contributed by atoms with Gasteiger partial charge in [0.1, 0.15) is 24.2 Å². The number of furan rings is 1. The zero-order valence-corrected chi connectivity index (χ0v) is 17.2. The van der Waals surface area contributed by atoms with Gasteiger partial charge in [0.25, 0.3) is 0 Å². The fourth-order valence-corrected chi connectivity index (χ4v) is 3.13. The summed E-state index contributed by atoms with van der Waals surface area (Å²) in [4.78, 5) is 2.06. The molecule has 1 N–H and O–H groups in total. The van der Waals surface area contributed by atoms with Crippen molar-refractivity contribution in [2.75, 3.05) is 19.8 Å². The van der Waals surface area contributed by atoms with Crippen LogP contribution < -0.4 is 9.47 Å². The molecule has 2 aromatic carbocycles. The van der Waals surface area contributed by atoms with Crippen molar-refractivity contribution in [3.63, 3.8) is 0 Å². The first kappa shape index (κ1) is 21.9. The van der Waals surface area contributed by atoms with Crippen LogP contribution in [-0.4, -0.2) is 35.9 Å². The third kappa shape index (κ3) is 6.61. The van der Waals surface area contributed by atoms with E-state index in [0.717, 1.165) is 23.5 Å². The van der Waals surface area contributed by atoms with E-state index < -0.39 is 11.9 Å². The Morgan fingerprint density at radius 2 is 1.73 bits per heavy atom. The molecule has 3 aromatic rings. The maximum absolute atomic E-state index is 13.7. The number of para-hydroxylation sites is 2. The highest BCUT2D eigenvalue weighted by Crippen LogP contribution is 2.22. The number of aliphatic hydroxyl groups is 1. The molecular weight excluding hydrogens is 385 g/mol. The number of rotatable bonds is 12. The maximum atomic E-state index is 13.7. The first-order valence-electron chi connectivity index (χ1n) is 10.2. The van der Waals surface area contributed by atoms with Gasteiger partial charge < -0.3 is 19.0 Å². The molecule has 0 aliphatic heterocycles. The third-order valence-electron chi connectivity index (χ3n) is 4.52. The molecule has 30 heavy (non-hydrogen) atoms. The molecule has 160 valence electrons. The number of nitrogens with zero attached hydrogens (tertiary/aromatic N) is 1. The van der Waals surface area contributed by atoms with Crippen molar-refractivity contribution in [3.05, 3.63) is 84.1 Å². The van der Waals surface area contributed by atoms with Gasteiger partial charge in [-0.15, -0.1) is 0 Å². The molecule has 5 nitrogen and oxygen atoms in total. The summed E-state index contributed by atoms with van der Waals surface area (Å²) < 4.78 is 30.6. The van der Waals surface area contributed by atoms with Gasteiger partial charge in [-0.25, -0.2) is 4.39 Å². The first-order chi connectivity index (χ1) is 14.7. The van der Waals surface area contributed by atoms with Gasteiger partial charge in [0.05, 0.1) is 19.4 Å². The van der Waals surface area contributed by atoms with E-state index >= 15 is 0 Å². The van der Waals surface area contributed by atoms with Crippen LogP contribution in [0.4, 0.5) is 4.39 Å². The van der Waals surface area contributed by atoms with E-state index in [2.05, 4.69) is 11.8 Å². The first-order valence-corrected chi connectivity index (χ1v) is 10.2. The molecule has 0 radical (unpaired) electrons. The average Bonchev–Trinajstić information content (AvgIpc) is 3.25. The fraction of sp³-hybridized carbons (Fsp3) is 0.333. The van der Waals surface area contributed by atoms with Crippen molar-refractivity contribution in [2.24, 2.45) is 0 Å². The van der Waals surface area contributed by atoms with Crippen molar-refractivity contribution in [1.82, 2.24) is 4.90 Å². The summed E-state index contributed by atoms with van der Waals surface area (Å²) >= 11 is 0. The summed E-state index contributed by atoms with van der Waals surface area (Å²) in [5.41, 5.74) is 1.03. The summed E-state index contributed by atoms with van der Waals surface area (Å²) in [6, 6.07) is 17.8. The molecule has 0 fully saturated rings. The van der Waals surface area contributed by atoms with Gasteiger partial charge in [0.2, 0.25) is 0 Å². The molecule has 0 aliphatic rings. The topological polar surface area (TPSA) is 55.1 Å². The van der Waals surface area contributed by atoms with Crippen LogP contribution in [-0.2, 0) is 13.1 Å². The van der Waals surface area contributed by atoms with Gasteiger partial charge in [-0.05, 0) is 36.8 Å². The number of benzene rings is 2. The molecule has 6 heteroatoms. The highest BCUT2D eigenvalue weighted by molar-refractivity contribution is 5.33. The van der Waals surface area contributed by atoms with Gasteiger partial charge in [-0.3, -0.25) is 4.90 Å². The van der Waals surface area contributed by atoms with E-state index in [-0.39, 0.29) is 12.4 Å². The molecule has 1 heterocycles. The zero-order valence-electron chi connectivity index (χ0n) is 17.2. The fourth-order valence-electron chi connectivity index (χ4n) is 3.13. The lowest BCUT2D eigenvalue weighted by molar-refractivity contribution is 0.0588. The van der Waals surface area contributed by atoms with Crippen LogP contribution in [0.2, 0.25) is 0 Å². The van der Waals surface area contributed by atoms with Crippen LogP contribution in [0.3, 0.4) is 0 Å². The molecule has 0 saturated heterocycles. The van der Waals surface area contributed by atoms with Gasteiger partial charge in [-0.2, -0.15) is 0 Å². The molecule has 0 bridgehead atoms. The quantitative estimate of drug-likeness (QED) is 0.468. The van der Waals surface area contributed by atoms with Gasteiger partial charge >= 0.3 is 0 Å². The smallest absolute Gasteiger partial charge is 0.165 e. The van der Waals surface area contributed by atoms with Crippen LogP contribution in [0.1, 0.15) is 24.7 Å². The average molecular weight is 413 g/mol. The number of hydrogen-bond donors (Lipinski definition) is 1. The van der Waals surface area contributed by atoms with Crippen LogP contribution in [0, 0.1) is 5.82 Å². The van der Waals surface area contributed by atoms with Gasteiger partial charge in [0, 0.05) is 18.7 Å². The van der Waals surface area contributed by atoms with Crippen LogP contribution in [0.25, 0.3) is 0 Å². The summed E-state index contributed by atoms with van der Waals surface area (Å²) in [5.74, 6) is 1.32. The molecule has 0 saturated carbocycles. The summed E-state index contributed by atoms with van der Waals surface area (Å²) in [7, 11) is 0.